The van der Waals surface area contributed by atoms with E-state index < -0.39 is 24.3 Å². The monoisotopic (exact) mass is 321 g/mol. The summed E-state index contributed by atoms with van der Waals surface area (Å²) in [5.41, 5.74) is 0. The summed E-state index contributed by atoms with van der Waals surface area (Å²) in [7, 11) is 0. The van der Waals surface area contributed by atoms with Gasteiger partial charge in [-0.1, -0.05) is 0 Å². The normalized spacial score (nSPS) is 13.1. The second kappa shape index (κ2) is 5.72. The van der Waals surface area contributed by atoms with Crippen LogP contribution in [0, 0.1) is 0 Å². The number of esters is 1. The van der Waals surface area contributed by atoms with E-state index in [1.807, 2.05) is 0 Å². The van der Waals surface area contributed by atoms with Gasteiger partial charge in [-0.25, -0.2) is 4.98 Å². The summed E-state index contributed by atoms with van der Waals surface area (Å²) in [5, 5.41) is 3.40. The van der Waals surface area contributed by atoms with E-state index in [1.54, 1.807) is 21.3 Å². The lowest BCUT2D eigenvalue weighted by Crippen LogP contribution is -2.46. The molecule has 0 aromatic carbocycles. The molecule has 2 aromatic heterocycles. The highest BCUT2D eigenvalue weighted by molar-refractivity contribution is 7.15. The summed E-state index contributed by atoms with van der Waals surface area (Å²) >= 11 is 1.39. The summed E-state index contributed by atoms with van der Waals surface area (Å²) in [6.45, 7) is 1.04. The molecular formula is C11H10F3N3O3S. The van der Waals surface area contributed by atoms with Crippen molar-refractivity contribution in [3.8, 4) is 0 Å². The summed E-state index contributed by atoms with van der Waals surface area (Å²) in [4.78, 5) is 26.7. The van der Waals surface area contributed by atoms with Gasteiger partial charge in [0.05, 0.1) is 12.6 Å². The Balaban J connectivity index is 2.15. The van der Waals surface area contributed by atoms with Crippen molar-refractivity contribution in [2.45, 2.75) is 25.7 Å². The minimum absolute atomic E-state index is 0.174. The predicted molar refractivity (Wildman–Crippen MR) is 66.5 cm³/mol. The van der Waals surface area contributed by atoms with Gasteiger partial charge in [-0.05, 0) is 0 Å². The largest absolute Gasteiger partial charge is 0.471 e. The molecule has 0 aliphatic heterocycles. The number of aromatic nitrogens is 2. The minimum Gasteiger partial charge on any atom is -0.441 e. The maximum atomic E-state index is 12.3. The molecule has 0 radical (unpaired) electrons. The van der Waals surface area contributed by atoms with Crippen molar-refractivity contribution in [1.29, 1.82) is 0 Å². The van der Waals surface area contributed by atoms with Gasteiger partial charge < -0.3 is 10.1 Å². The summed E-state index contributed by atoms with van der Waals surface area (Å²) < 4.78 is 43.1. The number of thiazole rings is 1. The zero-order chi connectivity index (χ0) is 15.6. The molecule has 2 aromatic rings. The van der Waals surface area contributed by atoms with Crippen molar-refractivity contribution >= 4 is 28.0 Å². The lowest BCUT2D eigenvalue weighted by atomic mass is 10.3. The van der Waals surface area contributed by atoms with Crippen molar-refractivity contribution < 1.29 is 27.5 Å². The number of halogens is 3. The Hall–Kier alpha value is -2.10. The third kappa shape index (κ3) is 3.72. The molecule has 1 atom stereocenters. The number of carbonyl (C=O) groups is 2. The Morgan fingerprint density at radius 1 is 1.52 bits per heavy atom. The fourth-order valence-electron chi connectivity index (χ4n) is 1.66. The maximum absolute atomic E-state index is 12.3. The van der Waals surface area contributed by atoms with Crippen LogP contribution >= 0.6 is 11.3 Å². The Morgan fingerprint density at radius 2 is 2.24 bits per heavy atom. The highest BCUT2D eigenvalue weighted by Gasteiger charge is 2.40. The van der Waals surface area contributed by atoms with Gasteiger partial charge in [0.15, 0.2) is 6.23 Å². The molecule has 0 spiro atoms. The molecule has 21 heavy (non-hydrogen) atoms. The highest BCUT2D eigenvalue weighted by Crippen LogP contribution is 2.17. The zero-order valence-electron chi connectivity index (χ0n) is 10.7. The number of hydrogen-bond acceptors (Lipinski definition) is 5. The maximum Gasteiger partial charge on any atom is 0.471 e. The van der Waals surface area contributed by atoms with E-state index in [1.165, 1.54) is 17.5 Å². The average Bonchev–Trinajstić information content (AvgIpc) is 2.91. The molecule has 6 nitrogen and oxygen atoms in total. The van der Waals surface area contributed by atoms with Crippen LogP contribution < -0.4 is 5.32 Å². The van der Waals surface area contributed by atoms with Crippen LogP contribution in [-0.4, -0.2) is 33.7 Å². The van der Waals surface area contributed by atoms with Crippen LogP contribution in [-0.2, 0) is 20.7 Å². The molecule has 0 bridgehead atoms. The highest BCUT2D eigenvalue weighted by atomic mass is 32.1. The van der Waals surface area contributed by atoms with Gasteiger partial charge in [-0.3, -0.25) is 14.0 Å². The number of hydrogen-bond donors (Lipinski definition) is 1. The SMILES string of the molecule is CC(=O)O[C@@H](Cc1ncc2sccn12)NC(=O)C(F)(F)F. The third-order valence-electron chi connectivity index (χ3n) is 2.46. The first kappa shape index (κ1) is 15.3. The Labute approximate surface area is 120 Å². The molecule has 0 saturated heterocycles. The quantitative estimate of drug-likeness (QED) is 0.684. The molecule has 0 saturated carbocycles. The Morgan fingerprint density at radius 3 is 2.86 bits per heavy atom. The van der Waals surface area contributed by atoms with Crippen LogP contribution in [0.4, 0.5) is 13.2 Å². The molecule has 1 N–H and O–H groups in total. The van der Waals surface area contributed by atoms with Crippen LogP contribution in [0.5, 0.6) is 0 Å². The van der Waals surface area contributed by atoms with Crippen LogP contribution in [0.1, 0.15) is 12.7 Å². The third-order valence-corrected chi connectivity index (χ3v) is 3.27. The van der Waals surface area contributed by atoms with E-state index >= 15 is 0 Å². The second-order valence-electron chi connectivity index (χ2n) is 4.06. The Bertz CT molecular complexity index is 664. The molecule has 0 unspecified atom stereocenters. The number of ether oxygens (including phenoxy) is 1. The Kier molecular flexibility index (Phi) is 4.16. The summed E-state index contributed by atoms with van der Waals surface area (Å²) in [6.07, 6.45) is -3.45. The molecule has 2 heterocycles. The van der Waals surface area contributed by atoms with Crippen molar-refractivity contribution in [3.63, 3.8) is 0 Å². The fraction of sp³-hybridized carbons (Fsp3) is 0.364. The first-order chi connectivity index (χ1) is 9.77. The lowest BCUT2D eigenvalue weighted by Gasteiger charge is -2.18. The van der Waals surface area contributed by atoms with E-state index in [-0.39, 0.29) is 6.42 Å². The van der Waals surface area contributed by atoms with Gasteiger partial charge in [0.2, 0.25) is 0 Å². The van der Waals surface area contributed by atoms with Crippen LogP contribution in [0.15, 0.2) is 17.8 Å². The lowest BCUT2D eigenvalue weighted by molar-refractivity contribution is -0.179. The van der Waals surface area contributed by atoms with E-state index in [9.17, 15) is 22.8 Å². The van der Waals surface area contributed by atoms with Crippen LogP contribution in [0.3, 0.4) is 0 Å². The number of nitrogens with zero attached hydrogens (tertiary/aromatic N) is 2. The van der Waals surface area contributed by atoms with E-state index in [0.717, 1.165) is 11.8 Å². The first-order valence-electron chi connectivity index (χ1n) is 5.71. The minimum atomic E-state index is -5.05. The number of amides is 1. The van der Waals surface area contributed by atoms with Gasteiger partial charge in [0.1, 0.15) is 10.7 Å². The molecule has 2 rings (SSSR count). The van der Waals surface area contributed by atoms with Gasteiger partial charge >= 0.3 is 18.1 Å². The van der Waals surface area contributed by atoms with Crippen molar-refractivity contribution in [2.75, 3.05) is 0 Å². The molecule has 114 valence electrons. The molecule has 0 fully saturated rings. The standard InChI is InChI=1S/C11H10F3N3O3S/c1-6(18)20-8(16-10(19)11(12,13)14)4-7-15-5-9-17(7)2-3-21-9/h2-3,5,8H,4H2,1H3,(H,16,19)/t8-/m0/s1. The fourth-order valence-corrected chi connectivity index (χ4v) is 2.37. The van der Waals surface area contributed by atoms with E-state index in [0.29, 0.717) is 5.82 Å². The molecule has 1 amide bonds. The number of fused-ring (bicyclic) bond motifs is 1. The number of alkyl halides is 3. The topological polar surface area (TPSA) is 72.7 Å². The first-order valence-corrected chi connectivity index (χ1v) is 6.59. The van der Waals surface area contributed by atoms with Crippen molar-refractivity contribution in [3.05, 3.63) is 23.6 Å². The number of imidazole rings is 1. The molecule has 10 heteroatoms. The molecular weight excluding hydrogens is 311 g/mol. The number of nitrogens with one attached hydrogen (secondary N) is 1. The van der Waals surface area contributed by atoms with Crippen LogP contribution in [0.25, 0.3) is 4.83 Å². The van der Waals surface area contributed by atoms with Gasteiger partial charge in [-0.15, -0.1) is 11.3 Å². The average molecular weight is 321 g/mol. The van der Waals surface area contributed by atoms with Gasteiger partial charge in [0, 0.05) is 18.5 Å². The van der Waals surface area contributed by atoms with Gasteiger partial charge in [0.25, 0.3) is 0 Å². The second-order valence-corrected chi connectivity index (χ2v) is 4.99. The van der Waals surface area contributed by atoms with Crippen LogP contribution in [0.2, 0.25) is 0 Å². The zero-order valence-corrected chi connectivity index (χ0v) is 11.5. The van der Waals surface area contributed by atoms with Gasteiger partial charge in [-0.2, -0.15) is 13.2 Å². The predicted octanol–water partition coefficient (Wildman–Crippen LogP) is 1.51. The number of carbonyl (C=O) groups excluding carboxylic acids is 2. The summed E-state index contributed by atoms with van der Waals surface area (Å²) in [5.74, 6) is -2.60. The molecule has 0 aliphatic carbocycles. The number of rotatable bonds is 4. The van der Waals surface area contributed by atoms with Crippen molar-refractivity contribution in [2.24, 2.45) is 0 Å². The van der Waals surface area contributed by atoms with E-state index in [2.05, 4.69) is 4.98 Å². The smallest absolute Gasteiger partial charge is 0.441 e. The van der Waals surface area contributed by atoms with E-state index in [4.69, 9.17) is 4.74 Å². The molecule has 0 aliphatic rings. The summed E-state index contributed by atoms with van der Waals surface area (Å²) in [6, 6.07) is 0. The van der Waals surface area contributed by atoms with Crippen molar-refractivity contribution in [1.82, 2.24) is 14.7 Å².